The van der Waals surface area contributed by atoms with Crippen LogP contribution in [-0.4, -0.2) is 16.8 Å². The molecule has 0 saturated heterocycles. The van der Waals surface area contributed by atoms with Gasteiger partial charge in [-0.25, -0.2) is 4.68 Å². The van der Waals surface area contributed by atoms with Gasteiger partial charge in [-0.3, -0.25) is 0 Å². The summed E-state index contributed by atoms with van der Waals surface area (Å²) in [5.74, 6) is 0.425. The topological polar surface area (TPSA) is 29.9 Å². The Labute approximate surface area is 113 Å². The largest absolute Gasteiger partial charge is 0.316 e. The summed E-state index contributed by atoms with van der Waals surface area (Å²) in [6.45, 7) is 5.07. The molecule has 0 aliphatic rings. The van der Waals surface area contributed by atoms with E-state index in [2.05, 4.69) is 30.3 Å². The number of hydrogen-bond donors (Lipinski definition) is 1. The molecule has 0 saturated carbocycles. The Bertz CT molecular complexity index is 532. The van der Waals surface area contributed by atoms with Crippen LogP contribution in [0.3, 0.4) is 0 Å². The molecule has 3 nitrogen and oxygen atoms in total. The van der Waals surface area contributed by atoms with E-state index in [0.29, 0.717) is 5.92 Å². The van der Waals surface area contributed by atoms with Crippen molar-refractivity contribution < 1.29 is 0 Å². The summed E-state index contributed by atoms with van der Waals surface area (Å²) in [6, 6.07) is 8.08. The third-order valence-electron chi connectivity index (χ3n) is 2.84. The first-order chi connectivity index (χ1) is 8.61. The summed E-state index contributed by atoms with van der Waals surface area (Å²) >= 11 is 6.30. The van der Waals surface area contributed by atoms with Crippen LogP contribution < -0.4 is 5.32 Å². The zero-order valence-corrected chi connectivity index (χ0v) is 11.7. The molecule has 1 aromatic carbocycles. The van der Waals surface area contributed by atoms with Gasteiger partial charge in [0.15, 0.2) is 0 Å². The van der Waals surface area contributed by atoms with Gasteiger partial charge in [0, 0.05) is 12.7 Å². The molecule has 0 unspecified atom stereocenters. The third-order valence-corrected chi connectivity index (χ3v) is 3.14. The van der Waals surface area contributed by atoms with E-state index in [4.69, 9.17) is 11.6 Å². The molecule has 4 heteroatoms. The minimum Gasteiger partial charge on any atom is -0.316 e. The van der Waals surface area contributed by atoms with Gasteiger partial charge in [0.1, 0.15) is 0 Å². The highest BCUT2D eigenvalue weighted by molar-refractivity contribution is 6.32. The highest BCUT2D eigenvalue weighted by Gasteiger charge is 2.08. The van der Waals surface area contributed by atoms with E-state index in [1.54, 1.807) is 0 Å². The maximum atomic E-state index is 6.30. The summed E-state index contributed by atoms with van der Waals surface area (Å²) in [5.41, 5.74) is 3.16. The Balaban J connectivity index is 2.32. The first kappa shape index (κ1) is 13.1. The first-order valence-electron chi connectivity index (χ1n) is 6.10. The lowest BCUT2D eigenvalue weighted by molar-refractivity contribution is 0.767. The van der Waals surface area contributed by atoms with Gasteiger partial charge < -0.3 is 5.32 Å². The Morgan fingerprint density at radius 2 is 2.11 bits per heavy atom. The highest BCUT2D eigenvalue weighted by atomic mass is 35.5. The van der Waals surface area contributed by atoms with Crippen molar-refractivity contribution in [1.82, 2.24) is 15.1 Å². The molecule has 1 N–H and O–H groups in total. The second-order valence-corrected chi connectivity index (χ2v) is 5.06. The average molecular weight is 264 g/mol. The van der Waals surface area contributed by atoms with Crippen LogP contribution in [0.4, 0.5) is 0 Å². The fourth-order valence-electron chi connectivity index (χ4n) is 1.83. The third kappa shape index (κ3) is 2.74. The lowest BCUT2D eigenvalue weighted by atomic mass is 10.1. The lowest BCUT2D eigenvalue weighted by Crippen LogP contribution is -2.05. The molecule has 0 aliphatic heterocycles. The second-order valence-electron chi connectivity index (χ2n) is 4.66. The van der Waals surface area contributed by atoms with Gasteiger partial charge in [0.05, 0.1) is 16.4 Å². The van der Waals surface area contributed by atoms with Gasteiger partial charge in [-0.05, 0) is 36.7 Å². The molecular formula is C14H18ClN3. The minimum absolute atomic E-state index is 0.425. The summed E-state index contributed by atoms with van der Waals surface area (Å²) < 4.78 is 1.83. The molecule has 0 atom stereocenters. The molecular weight excluding hydrogens is 246 g/mol. The van der Waals surface area contributed by atoms with E-state index in [-0.39, 0.29) is 0 Å². The van der Waals surface area contributed by atoms with Gasteiger partial charge in [0.2, 0.25) is 0 Å². The van der Waals surface area contributed by atoms with Crippen molar-refractivity contribution in [2.24, 2.45) is 0 Å². The van der Waals surface area contributed by atoms with Crippen LogP contribution in [0.15, 0.2) is 30.5 Å². The molecule has 2 aromatic rings. The number of rotatable bonds is 4. The monoisotopic (exact) mass is 263 g/mol. The van der Waals surface area contributed by atoms with Crippen molar-refractivity contribution in [3.8, 4) is 5.69 Å². The quantitative estimate of drug-likeness (QED) is 0.917. The Hall–Kier alpha value is -1.32. The van der Waals surface area contributed by atoms with Crippen LogP contribution in [0, 0.1) is 0 Å². The van der Waals surface area contributed by atoms with E-state index < -0.39 is 0 Å². The van der Waals surface area contributed by atoms with Gasteiger partial charge in [-0.2, -0.15) is 5.10 Å². The van der Waals surface area contributed by atoms with Crippen LogP contribution in [0.25, 0.3) is 5.69 Å². The van der Waals surface area contributed by atoms with Crippen molar-refractivity contribution in [2.45, 2.75) is 26.3 Å². The van der Waals surface area contributed by atoms with Gasteiger partial charge in [-0.15, -0.1) is 0 Å². The van der Waals surface area contributed by atoms with Crippen molar-refractivity contribution >= 4 is 11.6 Å². The summed E-state index contributed by atoms with van der Waals surface area (Å²) in [4.78, 5) is 0. The fourth-order valence-corrected chi connectivity index (χ4v) is 2.12. The molecule has 0 aliphatic carbocycles. The van der Waals surface area contributed by atoms with Crippen molar-refractivity contribution in [3.63, 3.8) is 0 Å². The molecule has 1 aromatic heterocycles. The number of hydrogen-bond acceptors (Lipinski definition) is 2. The zero-order chi connectivity index (χ0) is 13.1. The molecule has 18 heavy (non-hydrogen) atoms. The van der Waals surface area contributed by atoms with Crippen LogP contribution in [0.1, 0.15) is 31.0 Å². The molecule has 2 rings (SSSR count). The number of nitrogens with zero attached hydrogens (tertiary/aromatic N) is 2. The molecule has 0 radical (unpaired) electrons. The van der Waals surface area contributed by atoms with Gasteiger partial charge in [0.25, 0.3) is 0 Å². The minimum atomic E-state index is 0.425. The molecule has 1 heterocycles. The van der Waals surface area contributed by atoms with E-state index in [0.717, 1.165) is 22.9 Å². The normalized spacial score (nSPS) is 11.2. The van der Waals surface area contributed by atoms with Crippen molar-refractivity contribution in [2.75, 3.05) is 7.05 Å². The predicted octanol–water partition coefficient (Wildman–Crippen LogP) is 3.37. The van der Waals surface area contributed by atoms with Crippen LogP contribution in [-0.2, 0) is 6.54 Å². The summed E-state index contributed by atoms with van der Waals surface area (Å²) in [7, 11) is 1.92. The fraction of sp³-hybridized carbons (Fsp3) is 0.357. The summed E-state index contributed by atoms with van der Waals surface area (Å²) in [5, 5.41) is 8.36. The lowest BCUT2D eigenvalue weighted by Gasteiger charge is -2.07. The predicted molar refractivity (Wildman–Crippen MR) is 75.4 cm³/mol. The number of aromatic nitrogens is 2. The van der Waals surface area contributed by atoms with Crippen LogP contribution in [0.5, 0.6) is 0 Å². The van der Waals surface area contributed by atoms with E-state index in [9.17, 15) is 0 Å². The smallest absolute Gasteiger partial charge is 0.0832 e. The number of halogens is 1. The molecule has 0 amide bonds. The molecule has 0 bridgehead atoms. The van der Waals surface area contributed by atoms with Gasteiger partial charge >= 0.3 is 0 Å². The van der Waals surface area contributed by atoms with Gasteiger partial charge in [-0.1, -0.05) is 31.5 Å². The molecule has 96 valence electrons. The van der Waals surface area contributed by atoms with E-state index >= 15 is 0 Å². The maximum absolute atomic E-state index is 6.30. The Morgan fingerprint density at radius 3 is 2.67 bits per heavy atom. The maximum Gasteiger partial charge on any atom is 0.0832 e. The van der Waals surface area contributed by atoms with Crippen LogP contribution in [0.2, 0.25) is 5.02 Å². The Kier molecular flexibility index (Phi) is 4.04. The standard InChI is InChI=1S/C14H18ClN3/c1-10(2)13-6-7-18(17-13)14-5-4-11(9-16-3)8-12(14)15/h4-8,10,16H,9H2,1-3H3. The summed E-state index contributed by atoms with van der Waals surface area (Å²) in [6.07, 6.45) is 1.95. The Morgan fingerprint density at radius 1 is 1.33 bits per heavy atom. The number of nitrogens with one attached hydrogen (secondary N) is 1. The van der Waals surface area contributed by atoms with E-state index in [1.807, 2.05) is 36.1 Å². The average Bonchev–Trinajstić information content (AvgIpc) is 2.79. The highest BCUT2D eigenvalue weighted by Crippen LogP contribution is 2.22. The van der Waals surface area contributed by atoms with E-state index in [1.165, 1.54) is 5.56 Å². The van der Waals surface area contributed by atoms with Crippen molar-refractivity contribution in [1.29, 1.82) is 0 Å². The SMILES string of the molecule is CNCc1ccc(-n2ccc(C(C)C)n2)c(Cl)c1. The van der Waals surface area contributed by atoms with Crippen LogP contribution >= 0.6 is 11.6 Å². The first-order valence-corrected chi connectivity index (χ1v) is 6.48. The van der Waals surface area contributed by atoms with Crippen molar-refractivity contribution in [3.05, 3.63) is 46.7 Å². The second kappa shape index (κ2) is 5.55. The number of benzene rings is 1. The molecule has 0 spiro atoms. The molecule has 0 fully saturated rings. The zero-order valence-electron chi connectivity index (χ0n) is 10.9.